The van der Waals surface area contributed by atoms with Crippen molar-refractivity contribution in [2.45, 2.75) is 13.0 Å². The first-order valence-electron chi connectivity index (χ1n) is 9.57. The summed E-state index contributed by atoms with van der Waals surface area (Å²) < 4.78 is 0. The van der Waals surface area contributed by atoms with Crippen LogP contribution < -0.4 is 15.5 Å². The molecular formula is C22H22ClN5O. The summed E-state index contributed by atoms with van der Waals surface area (Å²) in [7, 11) is 0. The lowest BCUT2D eigenvalue weighted by Gasteiger charge is -2.32. The van der Waals surface area contributed by atoms with Crippen molar-refractivity contribution in [3.63, 3.8) is 0 Å². The number of carbonyl (C=O) groups excluding carboxylic acids is 1. The van der Waals surface area contributed by atoms with E-state index in [2.05, 4.69) is 32.4 Å². The Labute approximate surface area is 174 Å². The van der Waals surface area contributed by atoms with Crippen molar-refractivity contribution in [1.82, 2.24) is 15.3 Å². The fourth-order valence-corrected chi connectivity index (χ4v) is 3.59. The molecule has 1 aliphatic rings. The van der Waals surface area contributed by atoms with Gasteiger partial charge in [0.2, 0.25) is 0 Å². The molecule has 3 aromatic rings. The van der Waals surface area contributed by atoms with E-state index in [1.165, 1.54) is 0 Å². The summed E-state index contributed by atoms with van der Waals surface area (Å²) in [6.07, 6.45) is 3.33. The molecule has 1 aromatic carbocycles. The zero-order valence-electron chi connectivity index (χ0n) is 16.1. The molecule has 4 rings (SSSR count). The van der Waals surface area contributed by atoms with Crippen molar-refractivity contribution in [3.05, 3.63) is 71.5 Å². The fourth-order valence-electron chi connectivity index (χ4n) is 3.37. The first-order chi connectivity index (χ1) is 14.1. The van der Waals surface area contributed by atoms with Crippen molar-refractivity contribution >= 4 is 29.0 Å². The van der Waals surface area contributed by atoms with E-state index in [-0.39, 0.29) is 5.91 Å². The second kappa shape index (κ2) is 8.59. The molecule has 3 heterocycles. The van der Waals surface area contributed by atoms with Crippen LogP contribution in [0.15, 0.2) is 60.9 Å². The number of amides is 1. The van der Waals surface area contributed by atoms with E-state index in [1.807, 2.05) is 30.3 Å². The quantitative estimate of drug-likeness (QED) is 0.687. The van der Waals surface area contributed by atoms with E-state index in [4.69, 9.17) is 11.6 Å². The number of nitrogens with one attached hydrogen (secondary N) is 2. The predicted octanol–water partition coefficient (Wildman–Crippen LogP) is 3.85. The van der Waals surface area contributed by atoms with Crippen molar-refractivity contribution in [1.29, 1.82) is 0 Å². The number of pyridine rings is 2. The summed E-state index contributed by atoms with van der Waals surface area (Å²) >= 11 is 6.31. The number of piperazine rings is 1. The molecule has 2 N–H and O–H groups in total. The molecule has 0 aliphatic carbocycles. The van der Waals surface area contributed by atoms with Crippen LogP contribution in [0.5, 0.6) is 0 Å². The van der Waals surface area contributed by atoms with Gasteiger partial charge in [0, 0.05) is 49.3 Å². The smallest absolute Gasteiger partial charge is 0.257 e. The summed E-state index contributed by atoms with van der Waals surface area (Å²) in [4.78, 5) is 23.7. The largest absolute Gasteiger partial charge is 0.354 e. The van der Waals surface area contributed by atoms with Gasteiger partial charge in [0.05, 0.1) is 16.3 Å². The van der Waals surface area contributed by atoms with Crippen molar-refractivity contribution in [2.24, 2.45) is 0 Å². The van der Waals surface area contributed by atoms with Gasteiger partial charge in [-0.3, -0.25) is 9.78 Å². The Kier molecular flexibility index (Phi) is 5.74. The Morgan fingerprint density at radius 2 is 2.10 bits per heavy atom. The highest BCUT2D eigenvalue weighted by atomic mass is 35.5. The van der Waals surface area contributed by atoms with E-state index >= 15 is 0 Å². The van der Waals surface area contributed by atoms with E-state index in [0.29, 0.717) is 22.3 Å². The molecule has 1 fully saturated rings. The number of halogens is 1. The second-order valence-electron chi connectivity index (χ2n) is 7.07. The fraction of sp³-hybridized carbons (Fsp3) is 0.227. The number of benzene rings is 1. The van der Waals surface area contributed by atoms with Crippen molar-refractivity contribution in [3.8, 4) is 11.3 Å². The summed E-state index contributed by atoms with van der Waals surface area (Å²) in [6, 6.07) is 15.1. The normalized spacial score (nSPS) is 16.5. The lowest BCUT2D eigenvalue weighted by Crippen LogP contribution is -2.49. The Hall–Kier alpha value is -2.96. The average Bonchev–Trinajstić information content (AvgIpc) is 2.76. The van der Waals surface area contributed by atoms with Gasteiger partial charge < -0.3 is 15.5 Å². The van der Waals surface area contributed by atoms with Crippen LogP contribution in [-0.4, -0.2) is 41.6 Å². The van der Waals surface area contributed by atoms with Gasteiger partial charge in [0.1, 0.15) is 5.82 Å². The molecular weight excluding hydrogens is 386 g/mol. The SMILES string of the molecule is C[C@H]1CN(c2ccc(C(=O)Nc3ccc(Cl)c(-c4ccccn4)c3)cn2)CCN1. The topological polar surface area (TPSA) is 70.2 Å². The van der Waals surface area contributed by atoms with Crippen molar-refractivity contribution < 1.29 is 4.79 Å². The Morgan fingerprint density at radius 3 is 2.83 bits per heavy atom. The third-order valence-electron chi connectivity index (χ3n) is 4.87. The van der Waals surface area contributed by atoms with E-state index in [0.717, 1.165) is 36.7 Å². The lowest BCUT2D eigenvalue weighted by atomic mass is 10.1. The molecule has 6 nitrogen and oxygen atoms in total. The van der Waals surface area contributed by atoms with Gasteiger partial charge >= 0.3 is 0 Å². The highest BCUT2D eigenvalue weighted by molar-refractivity contribution is 6.33. The van der Waals surface area contributed by atoms with E-state index in [1.54, 1.807) is 30.6 Å². The maximum atomic E-state index is 12.7. The first-order valence-corrected chi connectivity index (χ1v) is 9.94. The molecule has 148 valence electrons. The molecule has 1 atom stereocenters. The zero-order valence-corrected chi connectivity index (χ0v) is 16.9. The molecule has 0 spiro atoms. The van der Waals surface area contributed by atoms with Crippen LogP contribution in [-0.2, 0) is 0 Å². The monoisotopic (exact) mass is 407 g/mol. The summed E-state index contributed by atoms with van der Waals surface area (Å²) in [5.41, 5.74) is 2.68. The van der Waals surface area contributed by atoms with E-state index < -0.39 is 0 Å². The number of nitrogens with zero attached hydrogens (tertiary/aromatic N) is 3. The number of rotatable bonds is 4. The molecule has 0 unspecified atom stereocenters. The van der Waals surface area contributed by atoms with Gasteiger partial charge in [-0.15, -0.1) is 0 Å². The van der Waals surface area contributed by atoms with E-state index in [9.17, 15) is 4.79 Å². The molecule has 1 aliphatic heterocycles. The third-order valence-corrected chi connectivity index (χ3v) is 5.20. The number of hydrogen-bond acceptors (Lipinski definition) is 5. The van der Waals surface area contributed by atoms with Gasteiger partial charge in [-0.25, -0.2) is 4.98 Å². The predicted molar refractivity (Wildman–Crippen MR) is 117 cm³/mol. The van der Waals surface area contributed by atoms with Crippen LogP contribution in [0.25, 0.3) is 11.3 Å². The Morgan fingerprint density at radius 1 is 1.21 bits per heavy atom. The summed E-state index contributed by atoms with van der Waals surface area (Å²) in [5.74, 6) is 0.672. The number of hydrogen-bond donors (Lipinski definition) is 2. The summed E-state index contributed by atoms with van der Waals surface area (Å²) in [5, 5.41) is 6.91. The maximum absolute atomic E-state index is 12.7. The molecule has 0 bridgehead atoms. The minimum Gasteiger partial charge on any atom is -0.354 e. The molecule has 0 radical (unpaired) electrons. The molecule has 0 saturated carbocycles. The van der Waals surface area contributed by atoms with Crippen LogP contribution in [0.4, 0.5) is 11.5 Å². The van der Waals surface area contributed by atoms with Gasteiger partial charge in [0.25, 0.3) is 5.91 Å². The highest BCUT2D eigenvalue weighted by Gasteiger charge is 2.17. The van der Waals surface area contributed by atoms with Crippen molar-refractivity contribution in [2.75, 3.05) is 29.9 Å². The third kappa shape index (κ3) is 4.55. The molecule has 2 aromatic heterocycles. The average molecular weight is 408 g/mol. The van der Waals surface area contributed by atoms with Gasteiger partial charge in [0.15, 0.2) is 0 Å². The van der Waals surface area contributed by atoms with Crippen LogP contribution in [0.3, 0.4) is 0 Å². The van der Waals surface area contributed by atoms with Gasteiger partial charge in [-0.1, -0.05) is 17.7 Å². The zero-order chi connectivity index (χ0) is 20.2. The van der Waals surface area contributed by atoms with Crippen LogP contribution in [0.2, 0.25) is 5.02 Å². The Balaban J connectivity index is 1.48. The van der Waals surface area contributed by atoms with Gasteiger partial charge in [-0.05, 0) is 49.4 Å². The Bertz CT molecular complexity index is 994. The standard InChI is InChI=1S/C22H22ClN5O/c1-15-14-28(11-10-24-15)21-8-5-16(13-26-21)22(29)27-17-6-7-19(23)18(12-17)20-4-2-3-9-25-20/h2-9,12-13,15,24H,10-11,14H2,1H3,(H,27,29)/t15-/m0/s1. The van der Waals surface area contributed by atoms with Crippen LogP contribution >= 0.6 is 11.6 Å². The molecule has 29 heavy (non-hydrogen) atoms. The number of aromatic nitrogens is 2. The minimum absolute atomic E-state index is 0.216. The second-order valence-corrected chi connectivity index (χ2v) is 7.48. The number of carbonyl (C=O) groups is 1. The molecule has 7 heteroatoms. The van der Waals surface area contributed by atoms with Gasteiger partial charge in [-0.2, -0.15) is 0 Å². The highest BCUT2D eigenvalue weighted by Crippen LogP contribution is 2.29. The van der Waals surface area contributed by atoms with Crippen LogP contribution in [0.1, 0.15) is 17.3 Å². The van der Waals surface area contributed by atoms with Crippen LogP contribution in [0, 0.1) is 0 Å². The maximum Gasteiger partial charge on any atom is 0.257 e. The number of anilines is 2. The molecule has 1 amide bonds. The first kappa shape index (κ1) is 19.4. The lowest BCUT2D eigenvalue weighted by molar-refractivity contribution is 0.102. The summed E-state index contributed by atoms with van der Waals surface area (Å²) in [6.45, 7) is 4.89. The minimum atomic E-state index is -0.216. The molecule has 1 saturated heterocycles.